The smallest absolute Gasteiger partial charge is 0.183 e. The molecule has 172 valence electrons. The molecule has 0 spiro atoms. The SMILES string of the molecule is C=C1CCC[C@@H]2[C@@](C)(CC[C@@]3(C)CCn4cnc5ncnc(c54)N3OC)C(=O)CC[C@]12C. The molecule has 5 rings (SSSR count). The molecule has 0 N–H and O–H groups in total. The summed E-state index contributed by atoms with van der Waals surface area (Å²) in [5, 5.41) is 1.94. The first kappa shape index (κ1) is 21.6. The Hall–Kier alpha value is -2.28. The molecule has 2 fully saturated rings. The zero-order chi connectivity index (χ0) is 22.7. The van der Waals surface area contributed by atoms with E-state index in [-0.39, 0.29) is 16.4 Å². The van der Waals surface area contributed by atoms with Gasteiger partial charge in [-0.2, -0.15) is 0 Å². The summed E-state index contributed by atoms with van der Waals surface area (Å²) in [5.41, 5.74) is 2.40. The normalized spacial score (nSPS) is 35.1. The van der Waals surface area contributed by atoms with Gasteiger partial charge in [-0.05, 0) is 63.2 Å². The van der Waals surface area contributed by atoms with E-state index in [1.54, 1.807) is 13.4 Å². The van der Waals surface area contributed by atoms with E-state index in [1.165, 1.54) is 5.57 Å². The fourth-order valence-corrected chi connectivity index (χ4v) is 6.90. The maximum Gasteiger partial charge on any atom is 0.183 e. The molecule has 1 aliphatic heterocycles. The lowest BCUT2D eigenvalue weighted by molar-refractivity contribution is -0.142. The summed E-state index contributed by atoms with van der Waals surface area (Å²) >= 11 is 0. The van der Waals surface area contributed by atoms with Crippen LogP contribution in [0.1, 0.15) is 72.1 Å². The van der Waals surface area contributed by atoms with Gasteiger partial charge in [0.1, 0.15) is 17.6 Å². The van der Waals surface area contributed by atoms with E-state index in [4.69, 9.17) is 4.84 Å². The predicted molar refractivity (Wildman–Crippen MR) is 124 cm³/mol. The topological polar surface area (TPSA) is 73.1 Å². The second-order valence-corrected chi connectivity index (χ2v) is 10.8. The first-order valence-corrected chi connectivity index (χ1v) is 11.9. The van der Waals surface area contributed by atoms with Crippen LogP contribution in [0.2, 0.25) is 0 Å². The molecule has 2 saturated carbocycles. The van der Waals surface area contributed by atoms with Crippen LogP contribution >= 0.6 is 0 Å². The highest BCUT2D eigenvalue weighted by Crippen LogP contribution is 2.60. The zero-order valence-corrected chi connectivity index (χ0v) is 19.9. The molecule has 3 heterocycles. The van der Waals surface area contributed by atoms with Crippen molar-refractivity contribution in [3.05, 3.63) is 24.8 Å². The number of Topliss-reactive ketones (excluding diaryl/α,β-unsaturated/α-hetero) is 1. The van der Waals surface area contributed by atoms with Crippen molar-refractivity contribution >= 4 is 22.8 Å². The Balaban J connectivity index is 1.47. The Bertz CT molecular complexity index is 1080. The van der Waals surface area contributed by atoms with Gasteiger partial charge >= 0.3 is 0 Å². The Morgan fingerprint density at radius 1 is 1.16 bits per heavy atom. The van der Waals surface area contributed by atoms with Crippen molar-refractivity contribution in [2.75, 3.05) is 12.2 Å². The summed E-state index contributed by atoms with van der Waals surface area (Å²) in [7, 11) is 1.70. The molecule has 7 nitrogen and oxygen atoms in total. The molecular weight excluding hydrogens is 402 g/mol. The molecule has 2 aromatic rings. The van der Waals surface area contributed by atoms with E-state index in [1.807, 2.05) is 11.4 Å². The van der Waals surface area contributed by atoms with E-state index in [9.17, 15) is 4.79 Å². The van der Waals surface area contributed by atoms with Crippen molar-refractivity contribution in [3.8, 4) is 0 Å². The van der Waals surface area contributed by atoms with Gasteiger partial charge < -0.3 is 4.57 Å². The summed E-state index contributed by atoms with van der Waals surface area (Å²) in [6, 6.07) is 0. The van der Waals surface area contributed by atoms with Gasteiger partial charge in [-0.25, -0.2) is 20.0 Å². The molecular formula is C25H35N5O2. The molecule has 4 atom stereocenters. The van der Waals surface area contributed by atoms with Crippen molar-refractivity contribution in [1.29, 1.82) is 0 Å². The molecule has 2 aliphatic carbocycles. The lowest BCUT2D eigenvalue weighted by Gasteiger charge is -2.55. The molecule has 0 unspecified atom stereocenters. The van der Waals surface area contributed by atoms with E-state index in [2.05, 4.69) is 46.9 Å². The Kier molecular flexibility index (Phi) is 4.97. The highest BCUT2D eigenvalue weighted by molar-refractivity contribution is 5.86. The van der Waals surface area contributed by atoms with Crippen molar-refractivity contribution < 1.29 is 9.63 Å². The van der Waals surface area contributed by atoms with Gasteiger partial charge in [-0.3, -0.25) is 9.63 Å². The van der Waals surface area contributed by atoms with Gasteiger partial charge in [0.2, 0.25) is 0 Å². The van der Waals surface area contributed by atoms with E-state index >= 15 is 0 Å². The highest BCUT2D eigenvalue weighted by atomic mass is 16.7. The molecule has 0 radical (unpaired) electrons. The first-order chi connectivity index (χ1) is 15.2. The van der Waals surface area contributed by atoms with E-state index < -0.39 is 0 Å². The van der Waals surface area contributed by atoms with Crippen LogP contribution in [0.3, 0.4) is 0 Å². The van der Waals surface area contributed by atoms with Crippen LogP contribution in [0, 0.1) is 16.7 Å². The van der Waals surface area contributed by atoms with Crippen LogP contribution in [-0.4, -0.2) is 38.0 Å². The minimum absolute atomic E-state index is 0.0784. The number of hydroxylamine groups is 1. The van der Waals surface area contributed by atoms with Crippen molar-refractivity contribution in [3.63, 3.8) is 0 Å². The summed E-state index contributed by atoms with van der Waals surface area (Å²) < 4.78 is 2.12. The second kappa shape index (κ2) is 7.37. The number of fused-ring (bicyclic) bond motifs is 1. The molecule has 2 aromatic heterocycles. The fourth-order valence-electron chi connectivity index (χ4n) is 6.90. The molecule has 0 amide bonds. The third-order valence-corrected chi connectivity index (χ3v) is 9.16. The number of imidazole rings is 1. The summed E-state index contributed by atoms with van der Waals surface area (Å²) in [5.74, 6) is 1.55. The lowest BCUT2D eigenvalue weighted by atomic mass is 9.48. The number of allylic oxidation sites excluding steroid dienone is 1. The quantitative estimate of drug-likeness (QED) is 0.636. The summed E-state index contributed by atoms with van der Waals surface area (Å²) in [4.78, 5) is 32.7. The van der Waals surface area contributed by atoms with Gasteiger partial charge in [0.15, 0.2) is 11.5 Å². The summed E-state index contributed by atoms with van der Waals surface area (Å²) in [6.07, 6.45) is 10.9. The van der Waals surface area contributed by atoms with Crippen LogP contribution < -0.4 is 5.06 Å². The molecule has 0 bridgehead atoms. The van der Waals surface area contributed by atoms with Crippen LogP contribution in [0.5, 0.6) is 0 Å². The van der Waals surface area contributed by atoms with Crippen molar-refractivity contribution in [1.82, 2.24) is 19.5 Å². The number of nitrogens with zero attached hydrogens (tertiary/aromatic N) is 5. The third kappa shape index (κ3) is 2.96. The Morgan fingerprint density at radius 3 is 2.75 bits per heavy atom. The van der Waals surface area contributed by atoms with Gasteiger partial charge in [-0.1, -0.05) is 26.0 Å². The van der Waals surface area contributed by atoms with Crippen LogP contribution in [0.4, 0.5) is 5.82 Å². The number of hydrogen-bond donors (Lipinski definition) is 0. The summed E-state index contributed by atoms with van der Waals surface area (Å²) in [6.45, 7) is 12.1. The highest BCUT2D eigenvalue weighted by Gasteiger charge is 2.55. The molecule has 32 heavy (non-hydrogen) atoms. The molecule has 0 aromatic carbocycles. The van der Waals surface area contributed by atoms with Gasteiger partial charge in [-0.15, -0.1) is 0 Å². The largest absolute Gasteiger partial charge is 0.326 e. The van der Waals surface area contributed by atoms with Gasteiger partial charge in [0, 0.05) is 18.4 Å². The van der Waals surface area contributed by atoms with Crippen LogP contribution in [0.25, 0.3) is 11.2 Å². The third-order valence-electron chi connectivity index (χ3n) is 9.16. The number of hydrogen-bond acceptors (Lipinski definition) is 6. The first-order valence-electron chi connectivity index (χ1n) is 11.9. The Labute approximate surface area is 190 Å². The van der Waals surface area contributed by atoms with Crippen molar-refractivity contribution in [2.45, 2.75) is 84.2 Å². The maximum absolute atomic E-state index is 13.4. The molecule has 3 aliphatic rings. The number of aromatic nitrogens is 4. The van der Waals surface area contributed by atoms with Crippen LogP contribution in [-0.2, 0) is 16.2 Å². The number of carbonyl (C=O) groups is 1. The van der Waals surface area contributed by atoms with Gasteiger partial charge in [0.05, 0.1) is 19.0 Å². The minimum Gasteiger partial charge on any atom is -0.326 e. The number of carbonyl (C=O) groups excluding carboxylic acids is 1. The number of anilines is 1. The zero-order valence-electron chi connectivity index (χ0n) is 19.9. The standard InChI is InChI=1S/C25H35N5O2/c1-17-7-6-8-18-24(17,3)10-9-19(31)25(18,4)12-11-23(2)13-14-29-16-28-21-20(29)22(27-15-26-21)30(23)32-5/h15-16,18H,1,6-14H2,2-5H3/t18-,23-,24+,25+/m0/s1. The average molecular weight is 438 g/mol. The minimum atomic E-state index is -0.330. The van der Waals surface area contributed by atoms with Crippen LogP contribution in [0.15, 0.2) is 24.8 Å². The number of ketones is 1. The lowest BCUT2D eigenvalue weighted by Crippen LogP contribution is -2.53. The van der Waals surface area contributed by atoms with E-state index in [0.717, 1.165) is 62.8 Å². The second-order valence-electron chi connectivity index (χ2n) is 10.8. The average Bonchev–Trinajstić information content (AvgIpc) is 3.15. The number of rotatable bonds is 4. The molecule has 7 heteroatoms. The number of aryl methyl sites for hydroxylation is 1. The monoisotopic (exact) mass is 437 g/mol. The predicted octanol–water partition coefficient (Wildman–Crippen LogP) is 4.87. The molecule has 0 saturated heterocycles. The maximum atomic E-state index is 13.4. The van der Waals surface area contributed by atoms with E-state index in [0.29, 0.717) is 23.8 Å². The Morgan fingerprint density at radius 2 is 1.97 bits per heavy atom. The van der Waals surface area contributed by atoms with Gasteiger partial charge in [0.25, 0.3) is 0 Å². The van der Waals surface area contributed by atoms with Crippen molar-refractivity contribution in [2.24, 2.45) is 16.7 Å². The fraction of sp³-hybridized carbons (Fsp3) is 0.680.